The second-order valence-corrected chi connectivity index (χ2v) is 24.1. The number of aliphatic carboxylic acids is 1. The van der Waals surface area contributed by atoms with Crippen molar-refractivity contribution in [3.05, 3.63) is 47.2 Å². The van der Waals surface area contributed by atoms with Gasteiger partial charge in [0, 0.05) is 38.3 Å². The van der Waals surface area contributed by atoms with Gasteiger partial charge in [0.15, 0.2) is 6.10 Å². The summed E-state index contributed by atoms with van der Waals surface area (Å²) in [5, 5.41) is 13.5. The Hall–Kier alpha value is -4.39. The number of anilines is 3. The second-order valence-electron chi connectivity index (χ2n) is 23.7. The van der Waals surface area contributed by atoms with Crippen molar-refractivity contribution in [3.8, 4) is 0 Å². The van der Waals surface area contributed by atoms with Crippen LogP contribution in [0.3, 0.4) is 0 Å². The topological polar surface area (TPSA) is 171 Å². The number of ether oxygens (including phenoxy) is 4. The normalized spacial score (nSPS) is 15.1. The number of benzene rings is 1. The number of carboxylic acids is 1. The van der Waals surface area contributed by atoms with E-state index in [4.69, 9.17) is 30.5 Å². The molecule has 13 nitrogen and oxygen atoms in total. The molecule has 0 radical (unpaired) electrons. The molecule has 454 valence electrons. The third kappa shape index (κ3) is 32.9. The summed E-state index contributed by atoms with van der Waals surface area (Å²) in [5.41, 5.74) is 3.51. The number of esters is 4. The molecule has 1 aliphatic rings. The molecule has 2 atom stereocenters. The molecule has 1 aromatic carbocycles. The van der Waals surface area contributed by atoms with Crippen LogP contribution < -0.4 is 10.2 Å². The maximum Gasteiger partial charge on any atom is 0.306 e. The summed E-state index contributed by atoms with van der Waals surface area (Å²) in [6.07, 6.45) is 35.4. The van der Waals surface area contributed by atoms with Crippen LogP contribution >= 0.6 is 11.6 Å². The summed E-state index contributed by atoms with van der Waals surface area (Å²) in [4.78, 5) is 70.7. The van der Waals surface area contributed by atoms with Crippen molar-refractivity contribution >= 4 is 58.5 Å². The van der Waals surface area contributed by atoms with Gasteiger partial charge in [-0.3, -0.25) is 24.0 Å². The van der Waals surface area contributed by atoms with E-state index in [9.17, 15) is 29.1 Å². The van der Waals surface area contributed by atoms with Gasteiger partial charge in [-0.1, -0.05) is 213 Å². The van der Waals surface area contributed by atoms with E-state index in [1.807, 2.05) is 32.0 Å². The molecule has 2 unspecified atom stereocenters. The molecule has 0 amide bonds. The van der Waals surface area contributed by atoms with Gasteiger partial charge in [0.1, 0.15) is 24.5 Å². The standard InChI is InChI=1S/C66H108ClN3O10/c1-7-9-11-13-15-17-19-21-23-25-27-29-31-33-63(73)77-49-58(50-78-64(74)34-32-30-28-26-24-22-20-18-16-14-12-10-8-2)80-66(76)44-52(5)43-65(75)79-57-39-37-56(38-40-57)70(48-51(3)4)60-41-35-54(53(6)45-62(71)72)46-59(60)69-55-36-42-61(67)68-47-55/h35-36,41-42,46-47,51-53,56-58,69H,7-34,37-40,43-45,48-50H2,1-6H3,(H,71,72)/t52?,53?,56-,57-. The van der Waals surface area contributed by atoms with Gasteiger partial charge < -0.3 is 34.3 Å². The fourth-order valence-electron chi connectivity index (χ4n) is 10.8. The molecule has 1 heterocycles. The number of carboxylic acid groups (broad SMARTS) is 1. The zero-order valence-electron chi connectivity index (χ0n) is 50.7. The van der Waals surface area contributed by atoms with Gasteiger partial charge in [0.05, 0.1) is 29.7 Å². The van der Waals surface area contributed by atoms with Crippen LogP contribution in [-0.4, -0.2) is 77.9 Å². The maximum atomic E-state index is 13.4. The highest BCUT2D eigenvalue weighted by molar-refractivity contribution is 6.29. The van der Waals surface area contributed by atoms with Crippen molar-refractivity contribution in [1.82, 2.24) is 4.98 Å². The van der Waals surface area contributed by atoms with Crippen LogP contribution in [-0.2, 0) is 42.9 Å². The summed E-state index contributed by atoms with van der Waals surface area (Å²) in [5.74, 6) is -2.75. The molecule has 0 saturated heterocycles. The molecular formula is C66H108ClN3O10. The van der Waals surface area contributed by atoms with Crippen LogP contribution in [0.4, 0.5) is 17.1 Å². The average Bonchev–Trinajstić information content (AvgIpc) is 3.48. The highest BCUT2D eigenvalue weighted by atomic mass is 35.5. The first kappa shape index (κ1) is 69.9. The Morgan fingerprint density at radius 1 is 0.613 bits per heavy atom. The number of carbonyl (C=O) groups excluding carboxylic acids is 4. The average molecular weight is 1140 g/mol. The first-order valence-corrected chi connectivity index (χ1v) is 32.3. The van der Waals surface area contributed by atoms with E-state index in [2.05, 4.69) is 49.0 Å². The monoisotopic (exact) mass is 1140 g/mol. The Bertz CT molecular complexity index is 1950. The molecule has 1 aliphatic carbocycles. The number of rotatable bonds is 47. The van der Waals surface area contributed by atoms with Crippen LogP contribution in [0.15, 0.2) is 36.5 Å². The molecule has 0 aliphatic heterocycles. The van der Waals surface area contributed by atoms with E-state index in [1.54, 1.807) is 12.3 Å². The van der Waals surface area contributed by atoms with Crippen LogP contribution in [0, 0.1) is 11.8 Å². The van der Waals surface area contributed by atoms with Crippen molar-refractivity contribution in [3.63, 3.8) is 0 Å². The molecule has 0 spiro atoms. The predicted molar refractivity (Wildman–Crippen MR) is 325 cm³/mol. The maximum absolute atomic E-state index is 13.4. The molecule has 3 rings (SSSR count). The fourth-order valence-corrected chi connectivity index (χ4v) is 10.9. The highest BCUT2D eigenvalue weighted by Gasteiger charge is 2.31. The quantitative estimate of drug-likeness (QED) is 0.0278. The zero-order valence-corrected chi connectivity index (χ0v) is 51.4. The van der Waals surface area contributed by atoms with Crippen molar-refractivity contribution in [2.45, 2.75) is 290 Å². The van der Waals surface area contributed by atoms with Gasteiger partial charge in [0.2, 0.25) is 0 Å². The molecule has 14 heteroatoms. The first-order valence-electron chi connectivity index (χ1n) is 31.9. The molecule has 1 fully saturated rings. The summed E-state index contributed by atoms with van der Waals surface area (Å²) < 4.78 is 23.0. The number of pyridine rings is 1. The number of nitrogens with zero attached hydrogens (tertiary/aromatic N) is 2. The zero-order chi connectivity index (χ0) is 58.2. The van der Waals surface area contributed by atoms with E-state index in [0.717, 1.165) is 80.5 Å². The molecule has 80 heavy (non-hydrogen) atoms. The summed E-state index contributed by atoms with van der Waals surface area (Å²) in [6, 6.07) is 9.87. The van der Waals surface area contributed by atoms with E-state index in [0.29, 0.717) is 23.9 Å². The minimum absolute atomic E-state index is 0.0134. The van der Waals surface area contributed by atoms with Gasteiger partial charge in [-0.25, -0.2) is 4.98 Å². The van der Waals surface area contributed by atoms with E-state index >= 15 is 0 Å². The van der Waals surface area contributed by atoms with E-state index in [1.165, 1.54) is 128 Å². The fraction of sp³-hybridized carbons (Fsp3) is 0.758. The minimum atomic E-state index is -0.960. The summed E-state index contributed by atoms with van der Waals surface area (Å²) in [6.45, 7) is 13.0. The smallest absolute Gasteiger partial charge is 0.306 e. The van der Waals surface area contributed by atoms with Crippen LogP contribution in [0.25, 0.3) is 0 Å². The predicted octanol–water partition coefficient (Wildman–Crippen LogP) is 17.8. The van der Waals surface area contributed by atoms with Crippen molar-refractivity contribution in [1.29, 1.82) is 0 Å². The first-order chi connectivity index (χ1) is 38.7. The van der Waals surface area contributed by atoms with E-state index < -0.39 is 18.0 Å². The number of halogens is 1. The van der Waals surface area contributed by atoms with Gasteiger partial charge in [-0.05, 0) is 86.1 Å². The Balaban J connectivity index is 1.49. The largest absolute Gasteiger partial charge is 0.481 e. The third-order valence-electron chi connectivity index (χ3n) is 15.5. The third-order valence-corrected chi connectivity index (χ3v) is 15.7. The van der Waals surface area contributed by atoms with Crippen LogP contribution in [0.5, 0.6) is 0 Å². The lowest BCUT2D eigenvalue weighted by Gasteiger charge is -2.40. The Morgan fingerprint density at radius 3 is 1.54 bits per heavy atom. The van der Waals surface area contributed by atoms with Crippen molar-refractivity contribution in [2.24, 2.45) is 11.8 Å². The lowest BCUT2D eigenvalue weighted by molar-refractivity contribution is -0.168. The molecule has 1 saturated carbocycles. The lowest BCUT2D eigenvalue weighted by Crippen LogP contribution is -2.42. The Labute approximate surface area is 488 Å². The number of carbonyl (C=O) groups is 5. The number of hydrogen-bond acceptors (Lipinski definition) is 12. The lowest BCUT2D eigenvalue weighted by atomic mass is 9.90. The molecule has 2 aromatic rings. The van der Waals surface area contributed by atoms with E-state index in [-0.39, 0.29) is 87.2 Å². The summed E-state index contributed by atoms with van der Waals surface area (Å²) >= 11 is 6.11. The van der Waals surface area contributed by atoms with Crippen molar-refractivity contribution in [2.75, 3.05) is 30.0 Å². The van der Waals surface area contributed by atoms with Crippen molar-refractivity contribution < 1.29 is 48.0 Å². The SMILES string of the molecule is CCCCCCCCCCCCCCCC(=O)OCC(COC(=O)CCCCCCCCCCCCCCC)OC(=O)CC(C)CC(=O)O[C@H]1CC[C@H](N(CC(C)C)c2ccc(C(C)CC(=O)O)cc2Nc2ccc(Cl)nc2)CC1. The Morgan fingerprint density at radius 2 is 1.09 bits per heavy atom. The van der Waals surface area contributed by atoms with Crippen LogP contribution in [0.1, 0.15) is 278 Å². The molecular weight excluding hydrogens is 1030 g/mol. The Kier molecular flexibility index (Phi) is 37.8. The number of nitrogens with one attached hydrogen (secondary N) is 1. The number of aromatic nitrogens is 1. The highest BCUT2D eigenvalue weighted by Crippen LogP contribution is 2.38. The molecule has 2 N–H and O–H groups in total. The van der Waals surface area contributed by atoms with Gasteiger partial charge in [-0.2, -0.15) is 0 Å². The van der Waals surface area contributed by atoms with Gasteiger partial charge in [-0.15, -0.1) is 0 Å². The summed E-state index contributed by atoms with van der Waals surface area (Å²) in [7, 11) is 0. The number of unbranched alkanes of at least 4 members (excludes halogenated alkanes) is 24. The van der Waals surface area contributed by atoms with Gasteiger partial charge in [0.25, 0.3) is 0 Å². The number of hydrogen-bond donors (Lipinski definition) is 2. The second kappa shape index (κ2) is 43.3. The van der Waals surface area contributed by atoms with Gasteiger partial charge >= 0.3 is 29.8 Å². The van der Waals surface area contributed by atoms with Crippen LogP contribution in [0.2, 0.25) is 5.15 Å². The minimum Gasteiger partial charge on any atom is -0.481 e. The molecule has 1 aromatic heterocycles. The molecule has 0 bridgehead atoms.